The smallest absolute Gasteiger partial charge is 0.238 e. The fourth-order valence-corrected chi connectivity index (χ4v) is 7.20. The van der Waals surface area contributed by atoms with Crippen molar-refractivity contribution in [1.82, 2.24) is 0 Å². The Bertz CT molecular complexity index is 1820. The minimum Gasteiger partial charge on any atom is -0.508 e. The van der Waals surface area contributed by atoms with Crippen molar-refractivity contribution in [2.24, 2.45) is 17.8 Å². The largest absolute Gasteiger partial charge is 0.508 e. The molecule has 1 aliphatic carbocycles. The summed E-state index contributed by atoms with van der Waals surface area (Å²) in [6.45, 7) is 1.52. The number of rotatable bonds is 10. The molecule has 0 spiro atoms. The minimum atomic E-state index is -0.934. The van der Waals surface area contributed by atoms with Crippen LogP contribution in [0.25, 0.3) is 11.6 Å². The van der Waals surface area contributed by atoms with E-state index < -0.39 is 23.9 Å². The van der Waals surface area contributed by atoms with Gasteiger partial charge in [0.15, 0.2) is 0 Å². The van der Waals surface area contributed by atoms with Crippen LogP contribution in [0.4, 0.5) is 17.1 Å². The molecule has 6 rings (SSSR count). The van der Waals surface area contributed by atoms with E-state index in [0.29, 0.717) is 35.5 Å². The van der Waals surface area contributed by atoms with Crippen molar-refractivity contribution in [2.75, 3.05) is 16.8 Å². The number of phenolic OH excluding ortho intramolecular Hbond substituents is 1. The first-order valence-corrected chi connectivity index (χ1v) is 16.2. The summed E-state index contributed by atoms with van der Waals surface area (Å²) in [5, 5.41) is 35.8. The van der Waals surface area contributed by atoms with E-state index in [1.165, 1.54) is 11.0 Å². The molecular formula is C39H37ClN2O5. The Kier molecular flexibility index (Phi) is 9.59. The Labute approximate surface area is 279 Å². The summed E-state index contributed by atoms with van der Waals surface area (Å²) in [5.41, 5.74) is 6.33. The fraction of sp³-hybridized carbons (Fsp3) is 0.231. The lowest BCUT2D eigenvalue weighted by Crippen LogP contribution is -2.38. The number of nitrogens with zero attached hydrogens (tertiary/aromatic N) is 1. The van der Waals surface area contributed by atoms with Gasteiger partial charge in [-0.15, -0.1) is 0 Å². The molecular weight excluding hydrogens is 612 g/mol. The molecule has 7 nitrogen and oxygen atoms in total. The Balaban J connectivity index is 1.21. The third kappa shape index (κ3) is 6.74. The van der Waals surface area contributed by atoms with Crippen LogP contribution in [0.15, 0.2) is 114 Å². The molecule has 2 aliphatic rings. The molecule has 0 unspecified atom stereocenters. The SMILES string of the molecule is CC1=C([C@H](O)CC/C(=C/c2ccc(O)cc2Cl)c2ccccc2)[C@H](CO)[C@@H]2C(=O)N(c3ccc(Nc4ccccc4)cc3)C(=O)[C@@H]2C1. The molecule has 240 valence electrons. The summed E-state index contributed by atoms with van der Waals surface area (Å²) in [7, 11) is 0. The van der Waals surface area contributed by atoms with E-state index in [4.69, 9.17) is 11.6 Å². The number of nitrogens with one attached hydrogen (secondary N) is 1. The molecule has 1 saturated heterocycles. The second-order valence-corrected chi connectivity index (χ2v) is 12.6. The third-order valence-electron chi connectivity index (χ3n) is 9.22. The summed E-state index contributed by atoms with van der Waals surface area (Å²) in [6.07, 6.45) is 2.17. The number of carbonyl (C=O) groups excluding carboxylic acids is 2. The molecule has 1 fully saturated rings. The molecule has 1 aliphatic heterocycles. The predicted octanol–water partition coefficient (Wildman–Crippen LogP) is 7.61. The maximum absolute atomic E-state index is 13.9. The van der Waals surface area contributed by atoms with Crippen molar-refractivity contribution >= 4 is 52.1 Å². The highest BCUT2D eigenvalue weighted by Gasteiger charge is 2.54. The molecule has 2 amide bonds. The van der Waals surface area contributed by atoms with Gasteiger partial charge in [0.2, 0.25) is 11.8 Å². The fourth-order valence-electron chi connectivity index (χ4n) is 6.97. The van der Waals surface area contributed by atoms with Gasteiger partial charge in [-0.1, -0.05) is 65.7 Å². The topological polar surface area (TPSA) is 110 Å². The number of para-hydroxylation sites is 1. The summed E-state index contributed by atoms with van der Waals surface area (Å²) in [6, 6.07) is 31.5. The van der Waals surface area contributed by atoms with Gasteiger partial charge in [-0.05, 0) is 109 Å². The van der Waals surface area contributed by atoms with Crippen LogP contribution in [0, 0.1) is 17.8 Å². The van der Waals surface area contributed by atoms with Gasteiger partial charge in [0.25, 0.3) is 0 Å². The zero-order chi connectivity index (χ0) is 33.1. The van der Waals surface area contributed by atoms with Crippen molar-refractivity contribution in [3.63, 3.8) is 0 Å². The number of carbonyl (C=O) groups is 2. The average Bonchev–Trinajstić information content (AvgIpc) is 3.32. The molecule has 0 aromatic heterocycles. The van der Waals surface area contributed by atoms with Crippen molar-refractivity contribution < 1.29 is 24.9 Å². The van der Waals surface area contributed by atoms with Crippen LogP contribution in [-0.2, 0) is 9.59 Å². The maximum atomic E-state index is 13.9. The number of aliphatic hydroxyl groups is 2. The Morgan fingerprint density at radius 3 is 2.26 bits per heavy atom. The average molecular weight is 649 g/mol. The van der Waals surface area contributed by atoms with Gasteiger partial charge in [-0.2, -0.15) is 0 Å². The Morgan fingerprint density at radius 2 is 1.60 bits per heavy atom. The Morgan fingerprint density at radius 1 is 0.936 bits per heavy atom. The molecule has 47 heavy (non-hydrogen) atoms. The molecule has 4 aromatic carbocycles. The van der Waals surface area contributed by atoms with E-state index >= 15 is 0 Å². The van der Waals surface area contributed by atoms with Gasteiger partial charge in [0.05, 0.1) is 35.3 Å². The van der Waals surface area contributed by atoms with Crippen LogP contribution in [0.1, 0.15) is 37.3 Å². The number of fused-ring (bicyclic) bond motifs is 1. The predicted molar refractivity (Wildman–Crippen MR) is 186 cm³/mol. The molecule has 0 saturated carbocycles. The molecule has 1 heterocycles. The lowest BCUT2D eigenvalue weighted by Gasteiger charge is -2.35. The van der Waals surface area contributed by atoms with E-state index in [9.17, 15) is 24.9 Å². The molecule has 4 N–H and O–H groups in total. The second-order valence-electron chi connectivity index (χ2n) is 12.2. The van der Waals surface area contributed by atoms with Crippen LogP contribution >= 0.6 is 11.6 Å². The van der Waals surface area contributed by atoms with Gasteiger partial charge in [-0.25, -0.2) is 0 Å². The van der Waals surface area contributed by atoms with E-state index in [1.54, 1.807) is 24.3 Å². The number of allylic oxidation sites excluding steroid dienone is 2. The molecule has 4 atom stereocenters. The lowest BCUT2D eigenvalue weighted by molar-refractivity contribution is -0.123. The minimum absolute atomic E-state index is 0.0764. The zero-order valence-electron chi connectivity index (χ0n) is 26.0. The summed E-state index contributed by atoms with van der Waals surface area (Å²) in [4.78, 5) is 28.8. The number of aromatic hydroxyl groups is 1. The van der Waals surface area contributed by atoms with Crippen molar-refractivity contribution in [1.29, 1.82) is 0 Å². The highest BCUT2D eigenvalue weighted by Crippen LogP contribution is 2.47. The second kappa shape index (κ2) is 14.0. The number of benzene rings is 4. The number of anilines is 3. The number of aliphatic hydroxyl groups excluding tert-OH is 2. The van der Waals surface area contributed by atoms with Crippen LogP contribution in [0.3, 0.4) is 0 Å². The standard InChI is InChI=1S/C39H37ClN2O5/c1-24-20-32-37(39(47)42(38(32)46)30-16-14-29(15-17-30)41-28-10-6-3-7-11-28)33(23-43)36(24)35(45)19-13-26(25-8-4-2-5-9-25)21-27-12-18-31(44)22-34(27)40/h2-12,14-18,21-22,32-33,35,37,41,43-45H,13,19-20,23H2,1H3/b26-21-/t32-,33+,35-,37-/m1/s1. The van der Waals surface area contributed by atoms with Gasteiger partial charge in [-0.3, -0.25) is 14.5 Å². The zero-order valence-corrected chi connectivity index (χ0v) is 26.8. The number of imide groups is 1. The highest BCUT2D eigenvalue weighted by atomic mass is 35.5. The number of hydrogen-bond acceptors (Lipinski definition) is 6. The molecule has 4 aromatic rings. The lowest BCUT2D eigenvalue weighted by atomic mass is 9.68. The van der Waals surface area contributed by atoms with Crippen LogP contribution in [0.2, 0.25) is 5.02 Å². The van der Waals surface area contributed by atoms with Gasteiger partial charge >= 0.3 is 0 Å². The summed E-state index contributed by atoms with van der Waals surface area (Å²) >= 11 is 6.42. The van der Waals surface area contributed by atoms with Crippen LogP contribution in [-0.4, -0.2) is 39.8 Å². The van der Waals surface area contributed by atoms with E-state index in [-0.39, 0.29) is 24.2 Å². The third-order valence-corrected chi connectivity index (χ3v) is 9.54. The molecule has 0 bridgehead atoms. The van der Waals surface area contributed by atoms with E-state index in [0.717, 1.165) is 33.6 Å². The van der Waals surface area contributed by atoms with Crippen LogP contribution < -0.4 is 10.2 Å². The quantitative estimate of drug-likeness (QED) is 0.0801. The van der Waals surface area contributed by atoms with Crippen LogP contribution in [0.5, 0.6) is 5.75 Å². The van der Waals surface area contributed by atoms with Gasteiger partial charge < -0.3 is 20.6 Å². The van der Waals surface area contributed by atoms with E-state index in [2.05, 4.69) is 5.32 Å². The number of phenols is 1. The monoisotopic (exact) mass is 648 g/mol. The normalized spacial score (nSPS) is 20.4. The molecule has 0 radical (unpaired) electrons. The first kappa shape index (κ1) is 32.3. The highest BCUT2D eigenvalue weighted by molar-refractivity contribution is 6.32. The van der Waals surface area contributed by atoms with Gasteiger partial charge in [0.1, 0.15) is 5.75 Å². The maximum Gasteiger partial charge on any atom is 0.238 e. The first-order valence-electron chi connectivity index (χ1n) is 15.8. The summed E-state index contributed by atoms with van der Waals surface area (Å²) < 4.78 is 0. The van der Waals surface area contributed by atoms with Gasteiger partial charge in [0, 0.05) is 17.3 Å². The number of amides is 2. The van der Waals surface area contributed by atoms with Crippen molar-refractivity contribution in [3.8, 4) is 5.75 Å². The first-order chi connectivity index (χ1) is 22.7. The number of halogens is 1. The number of hydrogen-bond donors (Lipinski definition) is 4. The van der Waals surface area contributed by atoms with Crippen molar-refractivity contribution in [3.05, 3.63) is 130 Å². The Hall–Kier alpha value is -4.69. The van der Waals surface area contributed by atoms with E-state index in [1.807, 2.05) is 85.8 Å². The van der Waals surface area contributed by atoms with Crippen molar-refractivity contribution in [2.45, 2.75) is 32.3 Å². The molecule has 8 heteroatoms. The summed E-state index contributed by atoms with van der Waals surface area (Å²) in [5.74, 6) is -2.61.